The van der Waals surface area contributed by atoms with Gasteiger partial charge in [-0.2, -0.15) is 0 Å². The quantitative estimate of drug-likeness (QED) is 0.698. The number of nitrogens with one attached hydrogen (secondary N) is 2. The van der Waals surface area contributed by atoms with Gasteiger partial charge in [-0.15, -0.1) is 0 Å². The van der Waals surface area contributed by atoms with Crippen LogP contribution in [-0.2, 0) is 9.59 Å². The number of anilines is 1. The molecule has 0 bridgehead atoms. The summed E-state index contributed by atoms with van der Waals surface area (Å²) in [4.78, 5) is 23.2. The van der Waals surface area contributed by atoms with Crippen molar-refractivity contribution in [3.8, 4) is 0 Å². The third-order valence-corrected chi connectivity index (χ3v) is 2.61. The number of amides is 2. The topological polar surface area (TPSA) is 78.4 Å². The van der Waals surface area contributed by atoms with Crippen molar-refractivity contribution in [1.29, 1.82) is 0 Å². The van der Waals surface area contributed by atoms with Crippen LogP contribution in [0.25, 0.3) is 0 Å². The van der Waals surface area contributed by atoms with Crippen LogP contribution in [0, 0.1) is 5.82 Å². The fourth-order valence-corrected chi connectivity index (χ4v) is 1.51. The summed E-state index contributed by atoms with van der Waals surface area (Å²) in [5.41, 5.74) is 0.344. The molecule has 0 aliphatic carbocycles. The van der Waals surface area contributed by atoms with E-state index in [1.165, 1.54) is 24.3 Å². The Kier molecular flexibility index (Phi) is 5.95. The largest absolute Gasteiger partial charge is 0.396 e. The third kappa shape index (κ3) is 5.05. The zero-order chi connectivity index (χ0) is 14.3. The van der Waals surface area contributed by atoms with E-state index in [1.54, 1.807) is 0 Å². The molecule has 1 aromatic carbocycles. The zero-order valence-electron chi connectivity index (χ0n) is 10.6. The summed E-state index contributed by atoms with van der Waals surface area (Å²) < 4.78 is 12.7. The molecular weight excluding hydrogens is 251 g/mol. The summed E-state index contributed by atoms with van der Waals surface area (Å²) >= 11 is 0. The highest BCUT2D eigenvalue weighted by molar-refractivity contribution is 6.39. The highest BCUT2D eigenvalue weighted by atomic mass is 19.1. The summed E-state index contributed by atoms with van der Waals surface area (Å²) in [5.74, 6) is -2.01. The Morgan fingerprint density at radius 3 is 2.42 bits per heavy atom. The molecule has 19 heavy (non-hydrogen) atoms. The maximum Gasteiger partial charge on any atom is 0.313 e. The van der Waals surface area contributed by atoms with Crippen molar-refractivity contribution >= 4 is 17.5 Å². The number of hydrogen-bond acceptors (Lipinski definition) is 3. The highest BCUT2D eigenvalue weighted by Gasteiger charge is 2.17. The Morgan fingerprint density at radius 1 is 1.26 bits per heavy atom. The molecule has 0 aliphatic heterocycles. The van der Waals surface area contributed by atoms with Gasteiger partial charge in [0, 0.05) is 18.3 Å². The molecule has 0 spiro atoms. The molecular formula is C13H17FN2O3. The maximum absolute atomic E-state index is 12.7. The molecule has 1 rings (SSSR count). The monoisotopic (exact) mass is 268 g/mol. The Morgan fingerprint density at radius 2 is 1.89 bits per heavy atom. The number of aliphatic hydroxyl groups is 1. The zero-order valence-corrected chi connectivity index (χ0v) is 10.6. The predicted molar refractivity (Wildman–Crippen MR) is 69.0 cm³/mol. The fraction of sp³-hybridized carbons (Fsp3) is 0.385. The van der Waals surface area contributed by atoms with E-state index in [9.17, 15) is 14.0 Å². The van der Waals surface area contributed by atoms with Crippen molar-refractivity contribution < 1.29 is 19.1 Å². The minimum absolute atomic E-state index is 0.0572. The number of hydrogen-bond donors (Lipinski definition) is 3. The standard InChI is InChI=1S/C13H17FN2O3/c1-2-10(7-8-17)15-12(18)13(19)16-11-5-3-9(14)4-6-11/h3-6,10,17H,2,7-8H2,1H3,(H,15,18)(H,16,19). The van der Waals surface area contributed by atoms with Gasteiger partial charge in [0.1, 0.15) is 5.82 Å². The van der Waals surface area contributed by atoms with Crippen molar-refractivity contribution in [2.75, 3.05) is 11.9 Å². The van der Waals surface area contributed by atoms with Crippen LogP contribution in [0.15, 0.2) is 24.3 Å². The lowest BCUT2D eigenvalue weighted by Gasteiger charge is -2.15. The molecule has 1 unspecified atom stereocenters. The lowest BCUT2D eigenvalue weighted by atomic mass is 10.1. The van der Waals surface area contributed by atoms with E-state index < -0.39 is 17.6 Å². The second kappa shape index (κ2) is 7.48. The molecule has 0 aliphatic rings. The van der Waals surface area contributed by atoms with Gasteiger partial charge in [0.05, 0.1) is 0 Å². The van der Waals surface area contributed by atoms with Crippen LogP contribution < -0.4 is 10.6 Å². The Labute approximate surface area is 110 Å². The molecule has 0 radical (unpaired) electrons. The van der Waals surface area contributed by atoms with Crippen LogP contribution in [0.3, 0.4) is 0 Å². The fourth-order valence-electron chi connectivity index (χ4n) is 1.51. The Balaban J connectivity index is 2.52. The average Bonchev–Trinajstić information content (AvgIpc) is 2.40. The number of benzene rings is 1. The van der Waals surface area contributed by atoms with E-state index in [2.05, 4.69) is 10.6 Å². The van der Waals surface area contributed by atoms with Crippen LogP contribution in [0.1, 0.15) is 19.8 Å². The van der Waals surface area contributed by atoms with Gasteiger partial charge in [0.2, 0.25) is 0 Å². The van der Waals surface area contributed by atoms with Gasteiger partial charge in [0.15, 0.2) is 0 Å². The van der Waals surface area contributed by atoms with Gasteiger partial charge in [-0.3, -0.25) is 9.59 Å². The van der Waals surface area contributed by atoms with Crippen LogP contribution >= 0.6 is 0 Å². The van der Waals surface area contributed by atoms with Crippen LogP contribution in [0.5, 0.6) is 0 Å². The Bertz CT molecular complexity index is 434. The number of halogens is 1. The molecule has 1 aromatic rings. The van der Waals surface area contributed by atoms with Crippen molar-refractivity contribution in [1.82, 2.24) is 5.32 Å². The number of carbonyl (C=O) groups excluding carboxylic acids is 2. The molecule has 0 saturated carbocycles. The summed E-state index contributed by atoms with van der Waals surface area (Å²) in [6, 6.07) is 4.87. The smallest absolute Gasteiger partial charge is 0.313 e. The molecule has 0 aromatic heterocycles. The molecule has 2 amide bonds. The maximum atomic E-state index is 12.7. The first-order valence-electron chi connectivity index (χ1n) is 6.05. The van der Waals surface area contributed by atoms with Crippen LogP contribution in [0.4, 0.5) is 10.1 Å². The average molecular weight is 268 g/mol. The molecule has 6 heteroatoms. The van der Waals surface area contributed by atoms with E-state index in [1.807, 2.05) is 6.92 Å². The third-order valence-electron chi connectivity index (χ3n) is 2.61. The van der Waals surface area contributed by atoms with Gasteiger partial charge in [0.25, 0.3) is 0 Å². The molecule has 5 nitrogen and oxygen atoms in total. The summed E-state index contributed by atoms with van der Waals surface area (Å²) in [6.07, 6.45) is 1.02. The van der Waals surface area contributed by atoms with Gasteiger partial charge in [-0.05, 0) is 37.1 Å². The lowest BCUT2D eigenvalue weighted by Crippen LogP contribution is -2.42. The number of aliphatic hydroxyl groups excluding tert-OH is 1. The van der Waals surface area contributed by atoms with Crippen LogP contribution in [0.2, 0.25) is 0 Å². The summed E-state index contributed by atoms with van der Waals surface area (Å²) in [7, 11) is 0. The van der Waals surface area contributed by atoms with Crippen LogP contribution in [-0.4, -0.2) is 29.6 Å². The first kappa shape index (κ1) is 15.1. The van der Waals surface area contributed by atoms with Crippen molar-refractivity contribution in [3.05, 3.63) is 30.1 Å². The molecule has 0 heterocycles. The van der Waals surface area contributed by atoms with Gasteiger partial charge >= 0.3 is 11.8 Å². The normalized spacial score (nSPS) is 11.7. The van der Waals surface area contributed by atoms with E-state index in [4.69, 9.17) is 5.11 Å². The first-order valence-corrected chi connectivity index (χ1v) is 6.05. The van der Waals surface area contributed by atoms with Crippen molar-refractivity contribution in [3.63, 3.8) is 0 Å². The predicted octanol–water partition coefficient (Wildman–Crippen LogP) is 1.04. The number of carbonyl (C=O) groups is 2. The van der Waals surface area contributed by atoms with Crippen molar-refractivity contribution in [2.24, 2.45) is 0 Å². The highest BCUT2D eigenvalue weighted by Crippen LogP contribution is 2.08. The molecule has 0 saturated heterocycles. The minimum atomic E-state index is -0.817. The molecule has 1 atom stereocenters. The first-order chi connectivity index (χ1) is 9.06. The Hall–Kier alpha value is -1.95. The van der Waals surface area contributed by atoms with E-state index in [0.717, 1.165) is 0 Å². The van der Waals surface area contributed by atoms with E-state index in [-0.39, 0.29) is 12.6 Å². The second-order valence-corrected chi connectivity index (χ2v) is 4.05. The second-order valence-electron chi connectivity index (χ2n) is 4.05. The summed E-state index contributed by atoms with van der Waals surface area (Å²) in [5, 5.41) is 13.7. The van der Waals surface area contributed by atoms with Gasteiger partial charge in [-0.25, -0.2) is 4.39 Å². The summed E-state index contributed by atoms with van der Waals surface area (Å²) in [6.45, 7) is 1.79. The molecule has 104 valence electrons. The molecule has 0 fully saturated rings. The van der Waals surface area contributed by atoms with Gasteiger partial charge in [-0.1, -0.05) is 6.92 Å². The SMILES string of the molecule is CCC(CCO)NC(=O)C(=O)Nc1ccc(F)cc1. The molecule has 3 N–H and O–H groups in total. The minimum Gasteiger partial charge on any atom is -0.396 e. The van der Waals surface area contributed by atoms with E-state index in [0.29, 0.717) is 18.5 Å². The lowest BCUT2D eigenvalue weighted by molar-refractivity contribution is -0.136. The van der Waals surface area contributed by atoms with Gasteiger partial charge < -0.3 is 15.7 Å². The number of rotatable bonds is 5. The van der Waals surface area contributed by atoms with E-state index >= 15 is 0 Å². The van der Waals surface area contributed by atoms with Crippen molar-refractivity contribution in [2.45, 2.75) is 25.8 Å².